The molecule has 0 aromatic heterocycles. The van der Waals surface area contributed by atoms with Gasteiger partial charge in [0.2, 0.25) is 0 Å². The van der Waals surface area contributed by atoms with E-state index in [2.05, 4.69) is 44.4 Å². The fraction of sp³-hybridized carbons (Fsp3) is 0.500. The molecule has 0 fully saturated rings. The topological polar surface area (TPSA) is 50.7 Å². The number of amides is 1. The van der Waals surface area contributed by atoms with Gasteiger partial charge in [0.15, 0.2) is 8.32 Å². The molecule has 0 aliphatic heterocycles. The van der Waals surface area contributed by atoms with Crippen molar-refractivity contribution in [2.45, 2.75) is 51.9 Å². The van der Waals surface area contributed by atoms with Gasteiger partial charge in [-0.3, -0.25) is 4.79 Å². The second-order valence-electron chi connectivity index (χ2n) is 6.67. The van der Waals surface area contributed by atoms with Crippen LogP contribution in [0.3, 0.4) is 0 Å². The standard InChI is InChI=1S/C16H26N2O2Si/c1-13(20-21(5,6)16(2,3)4)12-17-18-15(19)14-10-8-7-9-11-14/h7-13H,1-6H3,(H,18,19)/b17-12+/t13-/m0/s1. The zero-order valence-electron chi connectivity index (χ0n) is 13.8. The summed E-state index contributed by atoms with van der Waals surface area (Å²) >= 11 is 0. The smallest absolute Gasteiger partial charge is 0.271 e. The van der Waals surface area contributed by atoms with E-state index in [1.807, 2.05) is 25.1 Å². The molecule has 1 N–H and O–H groups in total. The summed E-state index contributed by atoms with van der Waals surface area (Å²) in [5.74, 6) is -0.216. The van der Waals surface area contributed by atoms with Crippen molar-refractivity contribution in [1.82, 2.24) is 5.43 Å². The molecule has 116 valence electrons. The lowest BCUT2D eigenvalue weighted by molar-refractivity contribution is 0.0955. The van der Waals surface area contributed by atoms with Gasteiger partial charge >= 0.3 is 0 Å². The van der Waals surface area contributed by atoms with Crippen molar-refractivity contribution in [3.63, 3.8) is 0 Å². The average Bonchev–Trinajstić information content (AvgIpc) is 2.37. The Kier molecular flexibility index (Phi) is 5.86. The van der Waals surface area contributed by atoms with Crippen LogP contribution in [-0.4, -0.2) is 26.5 Å². The van der Waals surface area contributed by atoms with Gasteiger partial charge in [0, 0.05) is 5.56 Å². The lowest BCUT2D eigenvalue weighted by Crippen LogP contribution is -2.43. The van der Waals surface area contributed by atoms with Crippen molar-refractivity contribution in [3.8, 4) is 0 Å². The van der Waals surface area contributed by atoms with Crippen LogP contribution >= 0.6 is 0 Å². The normalized spacial score (nSPS) is 14.2. The van der Waals surface area contributed by atoms with Crippen LogP contribution in [0.15, 0.2) is 35.4 Å². The van der Waals surface area contributed by atoms with Crippen LogP contribution in [0.2, 0.25) is 18.1 Å². The fourth-order valence-electron chi connectivity index (χ4n) is 1.53. The number of hydrogen-bond acceptors (Lipinski definition) is 3. The molecule has 0 unspecified atom stereocenters. The molecule has 4 nitrogen and oxygen atoms in total. The number of hydrogen-bond donors (Lipinski definition) is 1. The second kappa shape index (κ2) is 7.00. The summed E-state index contributed by atoms with van der Waals surface area (Å²) in [5.41, 5.74) is 3.11. The Labute approximate surface area is 128 Å². The van der Waals surface area contributed by atoms with Crippen molar-refractivity contribution >= 4 is 20.4 Å². The van der Waals surface area contributed by atoms with E-state index in [0.29, 0.717) is 5.56 Å². The molecule has 1 aromatic carbocycles. The van der Waals surface area contributed by atoms with E-state index in [4.69, 9.17) is 4.43 Å². The monoisotopic (exact) mass is 306 g/mol. The summed E-state index contributed by atoms with van der Waals surface area (Å²) in [6.07, 6.45) is 1.52. The van der Waals surface area contributed by atoms with Crippen LogP contribution in [0, 0.1) is 0 Å². The molecule has 0 bridgehead atoms. The van der Waals surface area contributed by atoms with Crippen LogP contribution in [0.1, 0.15) is 38.1 Å². The van der Waals surface area contributed by atoms with Crippen molar-refractivity contribution in [3.05, 3.63) is 35.9 Å². The highest BCUT2D eigenvalue weighted by Gasteiger charge is 2.38. The largest absolute Gasteiger partial charge is 0.409 e. The molecule has 0 heterocycles. The van der Waals surface area contributed by atoms with E-state index in [9.17, 15) is 4.79 Å². The quantitative estimate of drug-likeness (QED) is 0.511. The van der Waals surface area contributed by atoms with E-state index in [1.54, 1.807) is 18.3 Å². The summed E-state index contributed by atoms with van der Waals surface area (Å²) in [4.78, 5) is 11.8. The average molecular weight is 306 g/mol. The molecule has 1 rings (SSSR count). The molecule has 1 aromatic rings. The molecule has 0 saturated heterocycles. The first kappa shape index (κ1) is 17.6. The maximum atomic E-state index is 11.8. The summed E-state index contributed by atoms with van der Waals surface area (Å²) in [6, 6.07) is 9.01. The number of nitrogens with zero attached hydrogens (tertiary/aromatic N) is 1. The highest BCUT2D eigenvalue weighted by molar-refractivity contribution is 6.74. The molecule has 0 spiro atoms. The predicted molar refractivity (Wildman–Crippen MR) is 90.1 cm³/mol. The minimum absolute atomic E-state index is 0.123. The third-order valence-electron chi connectivity index (χ3n) is 3.77. The van der Waals surface area contributed by atoms with Gasteiger partial charge in [0.25, 0.3) is 5.91 Å². The van der Waals surface area contributed by atoms with E-state index in [0.717, 1.165) is 0 Å². The maximum absolute atomic E-state index is 11.8. The van der Waals surface area contributed by atoms with Gasteiger partial charge in [-0.05, 0) is 37.2 Å². The van der Waals surface area contributed by atoms with Crippen LogP contribution in [0.25, 0.3) is 0 Å². The first-order chi connectivity index (χ1) is 9.63. The van der Waals surface area contributed by atoms with Gasteiger partial charge in [-0.1, -0.05) is 39.0 Å². The highest BCUT2D eigenvalue weighted by atomic mass is 28.4. The van der Waals surface area contributed by atoms with Gasteiger partial charge in [-0.25, -0.2) is 5.43 Å². The summed E-state index contributed by atoms with van der Waals surface area (Å²) < 4.78 is 6.13. The third kappa shape index (κ3) is 5.44. The minimum atomic E-state index is -1.81. The van der Waals surface area contributed by atoms with Gasteiger partial charge in [0.1, 0.15) is 0 Å². The van der Waals surface area contributed by atoms with Crippen LogP contribution in [0.5, 0.6) is 0 Å². The fourth-order valence-corrected chi connectivity index (χ4v) is 2.87. The number of nitrogens with one attached hydrogen (secondary N) is 1. The number of carbonyl (C=O) groups is 1. The Morgan fingerprint density at radius 1 is 1.29 bits per heavy atom. The minimum Gasteiger partial charge on any atom is -0.409 e. The van der Waals surface area contributed by atoms with Crippen molar-refractivity contribution < 1.29 is 9.22 Å². The van der Waals surface area contributed by atoms with E-state index in [-0.39, 0.29) is 17.0 Å². The molecule has 0 saturated carbocycles. The van der Waals surface area contributed by atoms with Gasteiger partial charge in [0.05, 0.1) is 12.3 Å². The Morgan fingerprint density at radius 2 is 1.86 bits per heavy atom. The summed E-state index contributed by atoms with van der Waals surface area (Å²) in [5, 5.41) is 4.14. The van der Waals surface area contributed by atoms with Crippen molar-refractivity contribution in [1.29, 1.82) is 0 Å². The predicted octanol–water partition coefficient (Wildman–Crippen LogP) is 3.81. The highest BCUT2D eigenvalue weighted by Crippen LogP contribution is 2.37. The Balaban J connectivity index is 2.52. The zero-order valence-corrected chi connectivity index (χ0v) is 14.8. The maximum Gasteiger partial charge on any atom is 0.271 e. The Morgan fingerprint density at radius 3 is 2.38 bits per heavy atom. The molecule has 1 atom stereocenters. The van der Waals surface area contributed by atoms with Gasteiger partial charge < -0.3 is 4.43 Å². The van der Waals surface area contributed by atoms with Crippen LogP contribution < -0.4 is 5.43 Å². The van der Waals surface area contributed by atoms with Crippen molar-refractivity contribution in [2.75, 3.05) is 0 Å². The Hall–Kier alpha value is -1.46. The molecular formula is C16H26N2O2Si. The van der Waals surface area contributed by atoms with E-state index in [1.165, 1.54) is 0 Å². The number of rotatable bonds is 5. The Bertz CT molecular complexity index is 493. The zero-order chi connectivity index (χ0) is 16.1. The lowest BCUT2D eigenvalue weighted by atomic mass is 10.2. The molecule has 0 radical (unpaired) electrons. The summed E-state index contributed by atoms with van der Waals surface area (Å²) in [7, 11) is -1.81. The van der Waals surface area contributed by atoms with Crippen LogP contribution in [-0.2, 0) is 4.43 Å². The second-order valence-corrected chi connectivity index (χ2v) is 11.4. The molecule has 0 aliphatic rings. The number of carbonyl (C=O) groups excluding carboxylic acids is 1. The van der Waals surface area contributed by atoms with Gasteiger partial charge in [-0.15, -0.1) is 0 Å². The number of hydrazone groups is 1. The van der Waals surface area contributed by atoms with Crippen molar-refractivity contribution in [2.24, 2.45) is 5.10 Å². The van der Waals surface area contributed by atoms with Crippen LogP contribution in [0.4, 0.5) is 0 Å². The molecule has 5 heteroatoms. The third-order valence-corrected chi connectivity index (χ3v) is 8.35. The molecular weight excluding hydrogens is 280 g/mol. The summed E-state index contributed by atoms with van der Waals surface area (Å²) in [6.45, 7) is 12.9. The van der Waals surface area contributed by atoms with E-state index < -0.39 is 8.32 Å². The molecule has 21 heavy (non-hydrogen) atoms. The van der Waals surface area contributed by atoms with E-state index >= 15 is 0 Å². The van der Waals surface area contributed by atoms with Gasteiger partial charge in [-0.2, -0.15) is 5.10 Å². The number of benzene rings is 1. The molecule has 0 aliphatic carbocycles. The molecule has 1 amide bonds. The lowest BCUT2D eigenvalue weighted by Gasteiger charge is -2.37. The first-order valence-corrected chi connectivity index (χ1v) is 10.1. The SMILES string of the molecule is C[C@@H](/C=N/NC(=O)c1ccccc1)O[Si](C)(C)C(C)(C)C. The first-order valence-electron chi connectivity index (χ1n) is 7.20.